The summed E-state index contributed by atoms with van der Waals surface area (Å²) >= 11 is 0. The number of pyridine rings is 1. The third kappa shape index (κ3) is 3.31. The topological polar surface area (TPSA) is 62.5 Å². The zero-order chi connectivity index (χ0) is 18.0. The highest BCUT2D eigenvalue weighted by molar-refractivity contribution is 5.67. The van der Waals surface area contributed by atoms with E-state index >= 15 is 0 Å². The average molecular weight is 341 g/mol. The van der Waals surface area contributed by atoms with Crippen molar-refractivity contribution in [3.63, 3.8) is 0 Å². The largest absolute Gasteiger partial charge is 0.550 e. The van der Waals surface area contributed by atoms with Crippen LogP contribution in [0.25, 0.3) is 11.3 Å². The molecule has 0 unspecified atom stereocenters. The highest BCUT2D eigenvalue weighted by Gasteiger charge is 2.30. The molecular formula is C20H23NO4. The first-order valence-electron chi connectivity index (χ1n) is 8.52. The number of ether oxygens (including phenoxy) is 2. The van der Waals surface area contributed by atoms with Gasteiger partial charge in [0, 0.05) is 30.4 Å². The fraction of sp³-hybridized carbons (Fsp3) is 0.400. The van der Waals surface area contributed by atoms with Crippen molar-refractivity contribution >= 4 is 5.97 Å². The number of carbonyl (C=O) groups is 1. The van der Waals surface area contributed by atoms with Crippen molar-refractivity contribution in [1.29, 1.82) is 0 Å². The van der Waals surface area contributed by atoms with Crippen LogP contribution in [-0.4, -0.2) is 20.2 Å². The number of methoxy groups -OCH3 is 2. The third-order valence-electron chi connectivity index (χ3n) is 4.78. The molecule has 0 bridgehead atoms. The zero-order valence-corrected chi connectivity index (χ0v) is 14.9. The summed E-state index contributed by atoms with van der Waals surface area (Å²) in [5.41, 5.74) is 7.02. The van der Waals surface area contributed by atoms with Crippen molar-refractivity contribution in [1.82, 2.24) is 0 Å². The van der Waals surface area contributed by atoms with Crippen LogP contribution < -0.4 is 19.1 Å². The van der Waals surface area contributed by atoms with Gasteiger partial charge in [-0.05, 0) is 43.5 Å². The van der Waals surface area contributed by atoms with Crippen molar-refractivity contribution in [3.8, 4) is 22.8 Å². The molecule has 2 heterocycles. The standard InChI is InChI=1S/C18H20NO2.C2H4O2/c1-20-17-10-13-8-9-19-15-5-3-4-12(15)6-7-16(19)14(13)11-18(17)21-2;1-2(3)4/h6-7,10-11H,3-5,8-9H2,1-2H3;1H3,(H,3,4)/q+1;/p-1. The van der Waals surface area contributed by atoms with Gasteiger partial charge in [0.15, 0.2) is 23.7 Å². The molecule has 25 heavy (non-hydrogen) atoms. The number of hydrogen-bond acceptors (Lipinski definition) is 4. The summed E-state index contributed by atoms with van der Waals surface area (Å²) in [5, 5.41) is 8.89. The predicted octanol–water partition coefficient (Wildman–Crippen LogP) is 1.46. The van der Waals surface area contributed by atoms with Crippen LogP contribution in [0, 0.1) is 0 Å². The number of carboxylic acids is 1. The molecule has 1 aliphatic heterocycles. The van der Waals surface area contributed by atoms with Gasteiger partial charge in [0.2, 0.25) is 5.69 Å². The number of rotatable bonds is 2. The quantitative estimate of drug-likeness (QED) is 0.776. The molecule has 5 nitrogen and oxygen atoms in total. The second kappa shape index (κ2) is 7.13. The average Bonchev–Trinajstić information content (AvgIpc) is 3.08. The molecule has 1 aliphatic carbocycles. The normalized spacial score (nSPS) is 13.7. The monoisotopic (exact) mass is 341 g/mol. The van der Waals surface area contributed by atoms with E-state index in [1.807, 2.05) is 0 Å². The van der Waals surface area contributed by atoms with E-state index in [2.05, 4.69) is 28.8 Å². The van der Waals surface area contributed by atoms with E-state index in [1.165, 1.54) is 47.3 Å². The molecule has 0 saturated heterocycles. The summed E-state index contributed by atoms with van der Waals surface area (Å²) < 4.78 is 13.4. The Balaban J connectivity index is 0.000000415. The lowest BCUT2D eigenvalue weighted by molar-refractivity contribution is -0.694. The lowest BCUT2D eigenvalue weighted by Crippen LogP contribution is -2.44. The Morgan fingerprint density at radius 1 is 1.04 bits per heavy atom. The van der Waals surface area contributed by atoms with Crippen LogP contribution in [0.4, 0.5) is 0 Å². The lowest BCUT2D eigenvalue weighted by atomic mass is 9.95. The Hall–Kier alpha value is -2.56. The number of aryl methyl sites for hydroxylation is 2. The summed E-state index contributed by atoms with van der Waals surface area (Å²) in [6.07, 6.45) is 4.79. The molecule has 0 amide bonds. The molecule has 0 spiro atoms. The summed E-state index contributed by atoms with van der Waals surface area (Å²) in [4.78, 5) is 8.89. The lowest BCUT2D eigenvalue weighted by Gasteiger charge is -2.19. The van der Waals surface area contributed by atoms with Gasteiger partial charge in [0.25, 0.3) is 0 Å². The first kappa shape index (κ1) is 17.3. The number of benzene rings is 1. The number of aromatic nitrogens is 1. The van der Waals surface area contributed by atoms with Crippen LogP contribution in [0.2, 0.25) is 0 Å². The Labute approximate surface area is 147 Å². The van der Waals surface area contributed by atoms with Gasteiger partial charge < -0.3 is 19.4 Å². The number of nitrogens with zero attached hydrogens (tertiary/aromatic N) is 1. The highest BCUT2D eigenvalue weighted by Crippen LogP contribution is 2.37. The fourth-order valence-corrected chi connectivity index (χ4v) is 3.74. The minimum absolute atomic E-state index is 0.810. The molecule has 0 atom stereocenters. The first-order chi connectivity index (χ1) is 12.0. The Bertz CT molecular complexity index is 810. The molecule has 132 valence electrons. The number of carboxylic acid groups (broad SMARTS) is 1. The minimum atomic E-state index is -1.08. The molecule has 2 aromatic rings. The maximum Gasteiger partial charge on any atom is 0.213 e. The molecule has 1 aromatic carbocycles. The van der Waals surface area contributed by atoms with E-state index in [0.29, 0.717) is 0 Å². The second-order valence-electron chi connectivity index (χ2n) is 6.30. The van der Waals surface area contributed by atoms with Gasteiger partial charge in [-0.3, -0.25) is 0 Å². The van der Waals surface area contributed by atoms with Crippen LogP contribution >= 0.6 is 0 Å². The van der Waals surface area contributed by atoms with Crippen LogP contribution in [-0.2, 0) is 30.6 Å². The van der Waals surface area contributed by atoms with E-state index in [0.717, 1.165) is 31.4 Å². The van der Waals surface area contributed by atoms with Crippen LogP contribution in [0.1, 0.15) is 30.2 Å². The van der Waals surface area contributed by atoms with Crippen LogP contribution in [0.15, 0.2) is 24.3 Å². The number of aliphatic carboxylic acids is 1. The van der Waals surface area contributed by atoms with Gasteiger partial charge in [-0.1, -0.05) is 0 Å². The highest BCUT2D eigenvalue weighted by atomic mass is 16.5. The predicted molar refractivity (Wildman–Crippen MR) is 91.6 cm³/mol. The van der Waals surface area contributed by atoms with E-state index < -0.39 is 5.97 Å². The molecule has 2 aliphatic rings. The Kier molecular flexibility index (Phi) is 4.93. The number of carbonyl (C=O) groups excluding carboxylic acids is 1. The maximum absolute atomic E-state index is 8.89. The fourth-order valence-electron chi connectivity index (χ4n) is 3.74. The van der Waals surface area contributed by atoms with E-state index in [9.17, 15) is 0 Å². The summed E-state index contributed by atoms with van der Waals surface area (Å²) in [5.74, 6) is 0.552. The van der Waals surface area contributed by atoms with E-state index in [-0.39, 0.29) is 0 Å². The van der Waals surface area contributed by atoms with Gasteiger partial charge in [0.1, 0.15) is 0 Å². The van der Waals surface area contributed by atoms with Gasteiger partial charge in [-0.15, -0.1) is 0 Å². The van der Waals surface area contributed by atoms with Gasteiger partial charge >= 0.3 is 0 Å². The number of hydrogen-bond donors (Lipinski definition) is 0. The summed E-state index contributed by atoms with van der Waals surface area (Å²) in [6.45, 7) is 2.04. The van der Waals surface area contributed by atoms with E-state index in [4.69, 9.17) is 19.4 Å². The molecule has 0 fully saturated rings. The van der Waals surface area contributed by atoms with Crippen molar-refractivity contribution < 1.29 is 23.9 Å². The maximum atomic E-state index is 8.89. The molecule has 0 saturated carbocycles. The molecule has 0 N–H and O–H groups in total. The molecule has 5 heteroatoms. The van der Waals surface area contributed by atoms with Gasteiger partial charge in [0.05, 0.1) is 19.8 Å². The molecule has 0 radical (unpaired) electrons. The molecule has 1 aromatic heterocycles. The summed E-state index contributed by atoms with van der Waals surface area (Å²) in [6, 6.07) is 8.83. The van der Waals surface area contributed by atoms with Crippen molar-refractivity contribution in [3.05, 3.63) is 41.1 Å². The van der Waals surface area contributed by atoms with Crippen molar-refractivity contribution in [2.75, 3.05) is 14.2 Å². The van der Waals surface area contributed by atoms with Crippen molar-refractivity contribution in [2.45, 2.75) is 39.2 Å². The van der Waals surface area contributed by atoms with Crippen LogP contribution in [0.5, 0.6) is 11.5 Å². The van der Waals surface area contributed by atoms with Crippen LogP contribution in [0.3, 0.4) is 0 Å². The minimum Gasteiger partial charge on any atom is -0.550 e. The number of fused-ring (bicyclic) bond motifs is 5. The first-order valence-corrected chi connectivity index (χ1v) is 8.52. The zero-order valence-electron chi connectivity index (χ0n) is 14.9. The SMILES string of the molecule is CC(=O)[O-].COc1cc2c(cc1OC)-c1ccc3c([n+]1CC2)CCC3. The Morgan fingerprint density at radius 2 is 1.72 bits per heavy atom. The molecular weight excluding hydrogens is 318 g/mol. The van der Waals surface area contributed by atoms with Gasteiger partial charge in [-0.2, -0.15) is 4.57 Å². The van der Waals surface area contributed by atoms with E-state index in [1.54, 1.807) is 14.2 Å². The van der Waals surface area contributed by atoms with Gasteiger partial charge in [-0.25, -0.2) is 0 Å². The van der Waals surface area contributed by atoms with Crippen molar-refractivity contribution in [2.24, 2.45) is 0 Å². The molecule has 4 rings (SSSR count). The Morgan fingerprint density at radius 3 is 2.40 bits per heavy atom. The second-order valence-corrected chi connectivity index (χ2v) is 6.30. The summed E-state index contributed by atoms with van der Waals surface area (Å²) in [7, 11) is 3.40. The smallest absolute Gasteiger partial charge is 0.213 e. The third-order valence-corrected chi connectivity index (χ3v) is 4.78.